The average molecular weight is 441 g/mol. The third-order valence-corrected chi connectivity index (χ3v) is 11.9. The van der Waals surface area contributed by atoms with E-state index in [2.05, 4.69) is 95.3 Å². The van der Waals surface area contributed by atoms with Gasteiger partial charge in [0.1, 0.15) is 0 Å². The van der Waals surface area contributed by atoms with Crippen LogP contribution in [0.2, 0.25) is 5.04 Å². The van der Waals surface area contributed by atoms with Crippen molar-refractivity contribution in [3.8, 4) is 0 Å². The first-order chi connectivity index (χ1) is 14.6. The molecule has 2 aromatic rings. The maximum absolute atomic E-state index is 11.4. The molecule has 0 aliphatic heterocycles. The SMILES string of the molecule is CCC(=O)OOC[C@@H]1[C@H](CO[Si](c2ccccc2)(c2ccccc2)C(C)(C)C)C1(C)C. The minimum absolute atomic E-state index is 0.0443. The summed E-state index contributed by atoms with van der Waals surface area (Å²) in [5, 5.41) is 2.53. The maximum atomic E-state index is 11.4. The molecule has 4 nitrogen and oxygen atoms in total. The third kappa shape index (κ3) is 4.79. The Morgan fingerprint density at radius 3 is 1.84 bits per heavy atom. The Kier molecular flexibility index (Phi) is 7.09. The van der Waals surface area contributed by atoms with Gasteiger partial charge in [-0.15, -0.1) is 0 Å². The summed E-state index contributed by atoms with van der Waals surface area (Å²) in [7, 11) is -2.55. The molecule has 1 aliphatic rings. The van der Waals surface area contributed by atoms with E-state index in [-0.39, 0.29) is 16.4 Å². The summed E-state index contributed by atoms with van der Waals surface area (Å²) in [4.78, 5) is 21.5. The van der Waals surface area contributed by atoms with Gasteiger partial charge in [-0.25, -0.2) is 4.79 Å². The molecule has 1 saturated carbocycles. The first kappa shape index (κ1) is 23.7. The number of benzene rings is 2. The first-order valence-corrected chi connectivity index (χ1v) is 13.1. The van der Waals surface area contributed by atoms with Crippen LogP contribution in [0.4, 0.5) is 0 Å². The van der Waals surface area contributed by atoms with E-state index in [1.54, 1.807) is 6.92 Å². The minimum atomic E-state index is -2.55. The smallest absolute Gasteiger partial charge is 0.342 e. The summed E-state index contributed by atoms with van der Waals surface area (Å²) >= 11 is 0. The normalized spacial score (nSPS) is 20.3. The Morgan fingerprint density at radius 1 is 0.903 bits per heavy atom. The van der Waals surface area contributed by atoms with E-state index in [0.717, 1.165) is 0 Å². The number of hydrogen-bond acceptors (Lipinski definition) is 4. The molecule has 0 radical (unpaired) electrons. The standard InChI is InChI=1S/C26H36O4Si/c1-7-24(27)30-28-18-22-23(26(22,5)6)19-29-31(25(2,3)4,20-14-10-8-11-15-20)21-16-12-9-13-17-21/h8-17,22-23H,7,18-19H2,1-6H3/t22-,23+/m1/s1. The first-order valence-electron chi connectivity index (χ1n) is 11.2. The van der Waals surface area contributed by atoms with Gasteiger partial charge in [-0.2, -0.15) is 4.89 Å². The number of carbonyl (C=O) groups is 1. The van der Waals surface area contributed by atoms with Crippen molar-refractivity contribution in [2.75, 3.05) is 13.2 Å². The summed E-state index contributed by atoms with van der Waals surface area (Å²) < 4.78 is 7.08. The second-order valence-corrected chi connectivity index (χ2v) is 14.4. The Labute approximate surface area is 188 Å². The lowest BCUT2D eigenvalue weighted by atomic mass is 10.1. The zero-order valence-electron chi connectivity index (χ0n) is 19.7. The topological polar surface area (TPSA) is 44.8 Å². The van der Waals surface area contributed by atoms with Gasteiger partial charge < -0.3 is 4.43 Å². The average Bonchev–Trinajstić information content (AvgIpc) is 3.27. The Morgan fingerprint density at radius 2 is 1.39 bits per heavy atom. The molecule has 0 saturated heterocycles. The van der Waals surface area contributed by atoms with Gasteiger partial charge >= 0.3 is 5.97 Å². The van der Waals surface area contributed by atoms with Crippen molar-refractivity contribution in [2.24, 2.45) is 17.3 Å². The van der Waals surface area contributed by atoms with E-state index in [4.69, 9.17) is 14.2 Å². The van der Waals surface area contributed by atoms with E-state index in [0.29, 0.717) is 31.5 Å². The molecule has 0 amide bonds. The number of rotatable bonds is 9. The molecule has 0 bridgehead atoms. The van der Waals surface area contributed by atoms with Crippen molar-refractivity contribution in [3.63, 3.8) is 0 Å². The van der Waals surface area contributed by atoms with Gasteiger partial charge in [0.25, 0.3) is 8.32 Å². The van der Waals surface area contributed by atoms with Gasteiger partial charge in [0, 0.05) is 13.0 Å². The van der Waals surface area contributed by atoms with Crippen LogP contribution in [-0.2, 0) is 19.0 Å². The Hall–Kier alpha value is -1.95. The van der Waals surface area contributed by atoms with Crippen LogP contribution in [0.25, 0.3) is 0 Å². The molecule has 5 heteroatoms. The summed E-state index contributed by atoms with van der Waals surface area (Å²) in [6.07, 6.45) is 0.314. The van der Waals surface area contributed by atoms with Crippen LogP contribution in [0.15, 0.2) is 60.7 Å². The number of hydrogen-bond donors (Lipinski definition) is 0. The molecule has 168 valence electrons. The molecule has 2 aromatic carbocycles. The van der Waals surface area contributed by atoms with Crippen molar-refractivity contribution in [2.45, 2.75) is 53.0 Å². The summed E-state index contributed by atoms with van der Waals surface area (Å²) in [5.74, 6) is 0.323. The quantitative estimate of drug-likeness (QED) is 0.322. The molecule has 1 fully saturated rings. The largest absolute Gasteiger partial charge is 0.407 e. The second-order valence-electron chi connectivity index (χ2n) is 10.1. The van der Waals surface area contributed by atoms with Crippen LogP contribution in [0.1, 0.15) is 48.0 Å². The lowest BCUT2D eigenvalue weighted by Gasteiger charge is -2.43. The Balaban J connectivity index is 1.84. The molecule has 0 N–H and O–H groups in total. The lowest BCUT2D eigenvalue weighted by molar-refractivity contribution is -0.275. The molecular formula is C26H36O4Si. The molecule has 2 atom stereocenters. The van der Waals surface area contributed by atoms with Crippen molar-refractivity contribution in [3.05, 3.63) is 60.7 Å². The van der Waals surface area contributed by atoms with E-state index in [1.807, 2.05) is 0 Å². The Bertz CT molecular complexity index is 818. The molecule has 1 aliphatic carbocycles. The highest BCUT2D eigenvalue weighted by molar-refractivity contribution is 6.99. The van der Waals surface area contributed by atoms with Gasteiger partial charge in [-0.3, -0.25) is 4.89 Å². The predicted octanol–water partition coefficient (Wildman–Crippen LogP) is 4.72. The van der Waals surface area contributed by atoms with E-state index in [1.165, 1.54) is 10.4 Å². The fraction of sp³-hybridized carbons (Fsp3) is 0.500. The van der Waals surface area contributed by atoms with Crippen LogP contribution >= 0.6 is 0 Å². The summed E-state index contributed by atoms with van der Waals surface area (Å²) in [5.41, 5.74) is 0.0873. The van der Waals surface area contributed by atoms with E-state index < -0.39 is 8.32 Å². The van der Waals surface area contributed by atoms with Crippen LogP contribution < -0.4 is 10.4 Å². The summed E-state index contributed by atoms with van der Waals surface area (Å²) in [6, 6.07) is 21.4. The molecule has 31 heavy (non-hydrogen) atoms. The molecule has 0 heterocycles. The van der Waals surface area contributed by atoms with Gasteiger partial charge in [0.2, 0.25) is 0 Å². The maximum Gasteiger partial charge on any atom is 0.342 e. The monoisotopic (exact) mass is 440 g/mol. The third-order valence-electron chi connectivity index (χ3n) is 6.87. The van der Waals surface area contributed by atoms with Crippen molar-refractivity contribution in [1.82, 2.24) is 0 Å². The zero-order chi connectivity index (χ0) is 22.7. The molecular weight excluding hydrogens is 404 g/mol. The zero-order valence-corrected chi connectivity index (χ0v) is 20.7. The minimum Gasteiger partial charge on any atom is -0.407 e. The van der Waals surface area contributed by atoms with Crippen molar-refractivity contribution in [1.29, 1.82) is 0 Å². The van der Waals surface area contributed by atoms with Crippen LogP contribution in [0.5, 0.6) is 0 Å². The van der Waals surface area contributed by atoms with Crippen LogP contribution in [0.3, 0.4) is 0 Å². The van der Waals surface area contributed by atoms with Gasteiger partial charge in [-0.1, -0.05) is 102 Å². The fourth-order valence-electron chi connectivity index (χ4n) is 4.73. The van der Waals surface area contributed by atoms with Crippen LogP contribution in [0, 0.1) is 17.3 Å². The predicted molar refractivity (Wildman–Crippen MR) is 127 cm³/mol. The second kappa shape index (κ2) is 9.27. The highest BCUT2D eigenvalue weighted by Gasteiger charge is 2.60. The molecule has 3 rings (SSSR count). The molecule has 0 unspecified atom stereocenters. The fourth-order valence-corrected chi connectivity index (χ4v) is 9.31. The van der Waals surface area contributed by atoms with Gasteiger partial charge in [0.15, 0.2) is 0 Å². The highest BCUT2D eigenvalue weighted by Crippen LogP contribution is 2.58. The number of carbonyl (C=O) groups excluding carboxylic acids is 1. The van der Waals surface area contributed by atoms with Gasteiger partial charge in [-0.05, 0) is 32.7 Å². The van der Waals surface area contributed by atoms with E-state index in [9.17, 15) is 4.79 Å². The van der Waals surface area contributed by atoms with E-state index >= 15 is 0 Å². The lowest BCUT2D eigenvalue weighted by Crippen LogP contribution is -2.66. The summed E-state index contributed by atoms with van der Waals surface area (Å²) in [6.45, 7) is 14.2. The van der Waals surface area contributed by atoms with Crippen molar-refractivity contribution < 1.29 is 19.0 Å². The van der Waals surface area contributed by atoms with Crippen molar-refractivity contribution >= 4 is 24.7 Å². The highest BCUT2D eigenvalue weighted by atomic mass is 28.4. The van der Waals surface area contributed by atoms with Crippen LogP contribution in [-0.4, -0.2) is 27.5 Å². The molecule has 0 aromatic heterocycles. The molecule has 0 spiro atoms. The van der Waals surface area contributed by atoms with Gasteiger partial charge in [0.05, 0.1) is 6.61 Å².